The molecule has 33 heavy (non-hydrogen) atoms. The summed E-state index contributed by atoms with van der Waals surface area (Å²) in [5, 5.41) is 11.8. The number of halogens is 3. The SMILES string of the molecule is Cc1cc(NC(=O)c2ccnc(C(F)(F)C(=O)N3C4CCC3CC(C(=O)O)C4)c2)ccc1F. The fraction of sp³-hybridized carbons (Fsp3) is 0.391. The van der Waals surface area contributed by atoms with E-state index in [2.05, 4.69) is 10.3 Å². The molecule has 0 spiro atoms. The van der Waals surface area contributed by atoms with E-state index in [0.717, 1.165) is 17.2 Å². The largest absolute Gasteiger partial charge is 0.481 e. The fourth-order valence-corrected chi connectivity index (χ4v) is 4.65. The van der Waals surface area contributed by atoms with Gasteiger partial charge in [-0.15, -0.1) is 0 Å². The first-order valence-electron chi connectivity index (χ1n) is 10.6. The van der Waals surface area contributed by atoms with Crippen LogP contribution in [-0.4, -0.2) is 44.9 Å². The van der Waals surface area contributed by atoms with Crippen molar-refractivity contribution in [2.45, 2.75) is 50.6 Å². The molecule has 4 rings (SSSR count). The molecular formula is C23H22F3N3O4. The van der Waals surface area contributed by atoms with Gasteiger partial charge in [0.15, 0.2) is 0 Å². The van der Waals surface area contributed by atoms with Crippen LogP contribution in [0.3, 0.4) is 0 Å². The zero-order valence-corrected chi connectivity index (χ0v) is 17.7. The predicted octanol–water partition coefficient (Wildman–Crippen LogP) is 3.73. The molecule has 2 atom stereocenters. The first-order chi connectivity index (χ1) is 15.6. The maximum Gasteiger partial charge on any atom is 0.366 e. The van der Waals surface area contributed by atoms with Crippen molar-refractivity contribution < 1.29 is 32.7 Å². The standard InChI is InChI=1S/C23H22F3N3O4/c1-12-8-15(2-5-18(12)24)28-20(30)13-6-7-27-19(11-13)23(25,26)22(33)29-16-3-4-17(29)10-14(9-16)21(31)32/h2,5-8,11,14,16-17H,3-4,9-10H2,1H3,(H,28,30)(H,31,32). The number of hydrogen-bond acceptors (Lipinski definition) is 4. The lowest BCUT2D eigenvalue weighted by atomic mass is 9.90. The first-order valence-corrected chi connectivity index (χ1v) is 10.6. The molecule has 2 fully saturated rings. The van der Waals surface area contributed by atoms with Gasteiger partial charge in [-0.05, 0) is 68.5 Å². The van der Waals surface area contributed by atoms with Crippen molar-refractivity contribution in [3.63, 3.8) is 0 Å². The van der Waals surface area contributed by atoms with E-state index in [1.54, 1.807) is 0 Å². The highest BCUT2D eigenvalue weighted by Gasteiger charge is 2.53. The Kier molecular flexibility index (Phi) is 5.85. The molecule has 174 valence electrons. The minimum Gasteiger partial charge on any atom is -0.481 e. The Hall–Kier alpha value is -3.43. The number of alkyl halides is 2. The van der Waals surface area contributed by atoms with Crippen molar-refractivity contribution in [3.05, 3.63) is 59.2 Å². The molecule has 2 saturated heterocycles. The number of benzene rings is 1. The number of carbonyl (C=O) groups is 3. The number of aryl methyl sites for hydroxylation is 1. The number of anilines is 1. The maximum atomic E-state index is 15.2. The molecule has 2 aromatic rings. The number of amides is 2. The summed E-state index contributed by atoms with van der Waals surface area (Å²) in [5.41, 5.74) is -0.406. The Morgan fingerprint density at radius 1 is 1.12 bits per heavy atom. The number of hydrogen-bond donors (Lipinski definition) is 2. The van der Waals surface area contributed by atoms with Crippen molar-refractivity contribution >= 4 is 23.5 Å². The van der Waals surface area contributed by atoms with Crippen molar-refractivity contribution in [1.82, 2.24) is 9.88 Å². The van der Waals surface area contributed by atoms with Crippen LogP contribution in [-0.2, 0) is 15.5 Å². The van der Waals surface area contributed by atoms with Crippen LogP contribution in [0, 0.1) is 18.7 Å². The summed E-state index contributed by atoms with van der Waals surface area (Å²) in [7, 11) is 0. The van der Waals surface area contributed by atoms with Gasteiger partial charge in [0.05, 0.1) is 5.92 Å². The summed E-state index contributed by atoms with van der Waals surface area (Å²) >= 11 is 0. The molecule has 10 heteroatoms. The van der Waals surface area contributed by atoms with Gasteiger partial charge in [0, 0.05) is 29.5 Å². The molecule has 2 N–H and O–H groups in total. The molecular weight excluding hydrogens is 439 g/mol. The van der Waals surface area contributed by atoms with Crippen LogP contribution >= 0.6 is 0 Å². The molecule has 7 nitrogen and oxygen atoms in total. The van der Waals surface area contributed by atoms with Crippen LogP contribution in [0.1, 0.15) is 47.3 Å². The van der Waals surface area contributed by atoms with Crippen LogP contribution in [0.25, 0.3) is 0 Å². The smallest absolute Gasteiger partial charge is 0.366 e. The van der Waals surface area contributed by atoms with Gasteiger partial charge in [-0.1, -0.05) is 0 Å². The number of carbonyl (C=O) groups excluding carboxylic acids is 2. The second kappa shape index (κ2) is 8.49. The predicted molar refractivity (Wildman–Crippen MR) is 111 cm³/mol. The average Bonchev–Trinajstić information content (AvgIpc) is 3.04. The number of carboxylic acids is 1. The fourth-order valence-electron chi connectivity index (χ4n) is 4.65. The van der Waals surface area contributed by atoms with Crippen molar-refractivity contribution in [2.75, 3.05) is 5.32 Å². The van der Waals surface area contributed by atoms with E-state index in [-0.39, 0.29) is 24.1 Å². The minimum absolute atomic E-state index is 0.137. The second-order valence-corrected chi connectivity index (χ2v) is 8.53. The third-order valence-electron chi connectivity index (χ3n) is 6.35. The maximum absolute atomic E-state index is 15.2. The summed E-state index contributed by atoms with van der Waals surface area (Å²) in [6.07, 6.45) is 2.25. The highest BCUT2D eigenvalue weighted by Crippen LogP contribution is 2.42. The summed E-state index contributed by atoms with van der Waals surface area (Å²) in [6.45, 7) is 1.52. The molecule has 1 aromatic carbocycles. The van der Waals surface area contributed by atoms with E-state index in [1.165, 1.54) is 31.2 Å². The number of carboxylic acid groups (broad SMARTS) is 1. The monoisotopic (exact) mass is 461 g/mol. The van der Waals surface area contributed by atoms with Crippen molar-refractivity contribution in [3.8, 4) is 0 Å². The number of nitrogens with one attached hydrogen (secondary N) is 1. The number of pyridine rings is 1. The normalized spacial score (nSPS) is 22.2. The number of aromatic nitrogens is 1. The Balaban J connectivity index is 1.53. The highest BCUT2D eigenvalue weighted by atomic mass is 19.3. The van der Waals surface area contributed by atoms with Crippen LogP contribution < -0.4 is 5.32 Å². The Morgan fingerprint density at radius 2 is 1.79 bits per heavy atom. The number of piperidine rings is 1. The molecule has 2 amide bonds. The van der Waals surface area contributed by atoms with E-state index in [0.29, 0.717) is 18.4 Å². The first kappa shape index (κ1) is 22.8. The van der Waals surface area contributed by atoms with Crippen LogP contribution in [0.2, 0.25) is 0 Å². The van der Waals surface area contributed by atoms with Crippen LogP contribution in [0.15, 0.2) is 36.5 Å². The zero-order chi connectivity index (χ0) is 23.9. The molecule has 0 saturated carbocycles. The van der Waals surface area contributed by atoms with Crippen LogP contribution in [0.5, 0.6) is 0 Å². The average molecular weight is 461 g/mol. The molecule has 0 radical (unpaired) electrons. The van der Waals surface area contributed by atoms with E-state index >= 15 is 8.78 Å². The topological polar surface area (TPSA) is 99.6 Å². The van der Waals surface area contributed by atoms with Gasteiger partial charge in [-0.3, -0.25) is 19.4 Å². The number of aliphatic carboxylic acids is 1. The lowest BCUT2D eigenvalue weighted by Gasteiger charge is -2.39. The summed E-state index contributed by atoms with van der Waals surface area (Å²) in [6, 6.07) is 4.90. The molecule has 2 bridgehead atoms. The van der Waals surface area contributed by atoms with Gasteiger partial charge in [-0.2, -0.15) is 8.78 Å². The van der Waals surface area contributed by atoms with E-state index in [1.807, 2.05) is 0 Å². The Morgan fingerprint density at radius 3 is 2.39 bits per heavy atom. The quantitative estimate of drug-likeness (QED) is 0.707. The summed E-state index contributed by atoms with van der Waals surface area (Å²) < 4.78 is 43.8. The Bertz CT molecular complexity index is 1110. The third-order valence-corrected chi connectivity index (χ3v) is 6.35. The lowest BCUT2D eigenvalue weighted by molar-refractivity contribution is -0.167. The van der Waals surface area contributed by atoms with Gasteiger partial charge in [-0.25, -0.2) is 4.39 Å². The van der Waals surface area contributed by atoms with Gasteiger partial charge in [0.2, 0.25) is 0 Å². The number of rotatable bonds is 5. The van der Waals surface area contributed by atoms with Crippen LogP contribution in [0.4, 0.5) is 18.9 Å². The van der Waals surface area contributed by atoms with Crippen molar-refractivity contribution in [1.29, 1.82) is 0 Å². The minimum atomic E-state index is -3.99. The van der Waals surface area contributed by atoms with E-state index < -0.39 is 53.2 Å². The van der Waals surface area contributed by atoms with Gasteiger partial charge in [0.25, 0.3) is 11.8 Å². The molecule has 2 aliphatic heterocycles. The second-order valence-electron chi connectivity index (χ2n) is 8.53. The molecule has 2 unspecified atom stereocenters. The van der Waals surface area contributed by atoms with Gasteiger partial charge < -0.3 is 15.3 Å². The molecule has 1 aromatic heterocycles. The number of nitrogens with zero attached hydrogens (tertiary/aromatic N) is 2. The molecule has 0 aliphatic carbocycles. The third kappa shape index (κ3) is 4.29. The summed E-state index contributed by atoms with van der Waals surface area (Å²) in [4.78, 5) is 41.5. The molecule has 2 aliphatic rings. The van der Waals surface area contributed by atoms with Gasteiger partial charge >= 0.3 is 11.9 Å². The Labute approximate surface area is 187 Å². The van der Waals surface area contributed by atoms with E-state index in [4.69, 9.17) is 0 Å². The lowest BCUT2D eigenvalue weighted by Crippen LogP contribution is -2.52. The molecule has 3 heterocycles. The van der Waals surface area contributed by atoms with E-state index in [9.17, 15) is 23.9 Å². The van der Waals surface area contributed by atoms with Gasteiger partial charge in [0.1, 0.15) is 11.5 Å². The van der Waals surface area contributed by atoms with Crippen molar-refractivity contribution in [2.24, 2.45) is 5.92 Å². The number of fused-ring (bicyclic) bond motifs is 2. The summed E-state index contributed by atoms with van der Waals surface area (Å²) in [5.74, 6) is -8.21. The zero-order valence-electron chi connectivity index (χ0n) is 17.7. The highest BCUT2D eigenvalue weighted by molar-refractivity contribution is 6.04.